The Morgan fingerprint density at radius 1 is 1.47 bits per heavy atom. The second kappa shape index (κ2) is 4.60. The highest BCUT2D eigenvalue weighted by Crippen LogP contribution is 2.18. The van der Waals surface area contributed by atoms with Crippen LogP contribution in [0.1, 0.15) is 24.4 Å². The van der Waals surface area contributed by atoms with Gasteiger partial charge in [-0.05, 0) is 31.5 Å². The van der Waals surface area contributed by atoms with Crippen molar-refractivity contribution in [3.8, 4) is 11.5 Å². The fourth-order valence-corrected chi connectivity index (χ4v) is 1.34. The molecule has 2 atom stereocenters. The number of hydrogen-bond acceptors (Lipinski definition) is 6. The van der Waals surface area contributed by atoms with E-state index in [0.717, 1.165) is 5.56 Å². The lowest BCUT2D eigenvalue weighted by Gasteiger charge is -2.08. The summed E-state index contributed by atoms with van der Waals surface area (Å²) in [5.74, 6) is 0.582. The van der Waals surface area contributed by atoms with Crippen LogP contribution in [0.15, 0.2) is 22.9 Å². The van der Waals surface area contributed by atoms with Crippen molar-refractivity contribution in [3.05, 3.63) is 29.8 Å². The van der Waals surface area contributed by atoms with Crippen molar-refractivity contribution in [2.45, 2.75) is 26.0 Å². The molecule has 2 rings (SSSR count). The number of aryl methyl sites for hydroxylation is 1. The quantitative estimate of drug-likeness (QED) is 0.815. The predicted molar refractivity (Wildman–Crippen MR) is 60.9 cm³/mol. The van der Waals surface area contributed by atoms with Gasteiger partial charge in [-0.2, -0.15) is 4.98 Å². The van der Waals surface area contributed by atoms with Gasteiger partial charge in [0, 0.05) is 6.20 Å². The van der Waals surface area contributed by atoms with Crippen LogP contribution in [0.25, 0.3) is 11.5 Å². The van der Waals surface area contributed by atoms with Gasteiger partial charge >= 0.3 is 0 Å². The van der Waals surface area contributed by atoms with Gasteiger partial charge in [0.05, 0.1) is 6.10 Å². The van der Waals surface area contributed by atoms with Gasteiger partial charge in [0.25, 0.3) is 0 Å². The summed E-state index contributed by atoms with van der Waals surface area (Å²) in [6.07, 6.45) is 0.934. The number of rotatable bonds is 3. The van der Waals surface area contributed by atoms with Gasteiger partial charge in [-0.25, -0.2) is 0 Å². The molecule has 2 aromatic heterocycles. The number of pyridine rings is 1. The van der Waals surface area contributed by atoms with Crippen LogP contribution in [-0.4, -0.2) is 26.3 Å². The molecule has 90 valence electrons. The van der Waals surface area contributed by atoms with Gasteiger partial charge < -0.3 is 15.4 Å². The molecule has 17 heavy (non-hydrogen) atoms. The minimum Gasteiger partial charge on any atom is -0.391 e. The van der Waals surface area contributed by atoms with Crippen molar-refractivity contribution in [2.75, 3.05) is 0 Å². The van der Waals surface area contributed by atoms with Crippen LogP contribution < -0.4 is 5.73 Å². The van der Waals surface area contributed by atoms with Crippen molar-refractivity contribution in [3.63, 3.8) is 0 Å². The molecular formula is C11H14N4O2. The SMILES string of the molecule is Cc1ccnc(-c2noc(C(N)C(C)O)n2)c1. The Hall–Kier alpha value is -1.79. The molecule has 6 heteroatoms. The summed E-state index contributed by atoms with van der Waals surface area (Å²) >= 11 is 0. The maximum absolute atomic E-state index is 9.33. The fraction of sp³-hybridized carbons (Fsp3) is 0.364. The van der Waals surface area contributed by atoms with E-state index in [1.807, 2.05) is 19.1 Å². The van der Waals surface area contributed by atoms with E-state index in [1.54, 1.807) is 13.1 Å². The number of aliphatic hydroxyl groups is 1. The van der Waals surface area contributed by atoms with Crippen LogP contribution in [0.2, 0.25) is 0 Å². The topological polar surface area (TPSA) is 98.1 Å². The van der Waals surface area contributed by atoms with Crippen LogP contribution in [0.4, 0.5) is 0 Å². The lowest BCUT2D eigenvalue weighted by molar-refractivity contribution is 0.146. The first-order chi connectivity index (χ1) is 8.08. The number of nitrogens with two attached hydrogens (primary N) is 1. The van der Waals surface area contributed by atoms with E-state index in [1.165, 1.54) is 0 Å². The van der Waals surface area contributed by atoms with E-state index in [2.05, 4.69) is 15.1 Å². The Balaban J connectivity index is 2.30. The van der Waals surface area contributed by atoms with Gasteiger partial charge in [0.15, 0.2) is 0 Å². The minimum absolute atomic E-state index is 0.207. The van der Waals surface area contributed by atoms with Gasteiger partial charge in [0.2, 0.25) is 11.7 Å². The summed E-state index contributed by atoms with van der Waals surface area (Å²) in [5.41, 5.74) is 7.37. The van der Waals surface area contributed by atoms with Crippen LogP contribution in [0.3, 0.4) is 0 Å². The average Bonchev–Trinajstić information content (AvgIpc) is 2.77. The molecule has 0 radical (unpaired) electrons. The Bertz CT molecular complexity index is 510. The molecule has 2 unspecified atom stereocenters. The molecule has 0 aliphatic heterocycles. The maximum Gasteiger partial charge on any atom is 0.246 e. The third-order valence-electron chi connectivity index (χ3n) is 2.39. The minimum atomic E-state index is -0.742. The monoisotopic (exact) mass is 234 g/mol. The van der Waals surface area contributed by atoms with E-state index in [-0.39, 0.29) is 5.89 Å². The number of aromatic nitrogens is 3. The summed E-state index contributed by atoms with van der Waals surface area (Å²) in [7, 11) is 0. The number of nitrogens with zero attached hydrogens (tertiary/aromatic N) is 3. The molecule has 2 aromatic rings. The highest BCUT2D eigenvalue weighted by molar-refractivity contribution is 5.48. The molecule has 0 fully saturated rings. The summed E-state index contributed by atoms with van der Waals surface area (Å²) in [6.45, 7) is 3.52. The van der Waals surface area contributed by atoms with Gasteiger partial charge in [-0.15, -0.1) is 0 Å². The summed E-state index contributed by atoms with van der Waals surface area (Å²) in [6, 6.07) is 3.05. The molecule has 0 saturated heterocycles. The lowest BCUT2D eigenvalue weighted by Crippen LogP contribution is -2.23. The molecule has 2 heterocycles. The van der Waals surface area contributed by atoms with E-state index in [9.17, 15) is 5.11 Å². The van der Waals surface area contributed by atoms with Crippen molar-refractivity contribution in [2.24, 2.45) is 5.73 Å². The van der Waals surface area contributed by atoms with Crippen LogP contribution in [0.5, 0.6) is 0 Å². The fourth-order valence-electron chi connectivity index (χ4n) is 1.34. The molecule has 0 amide bonds. The summed E-state index contributed by atoms with van der Waals surface area (Å²) < 4.78 is 5.00. The lowest BCUT2D eigenvalue weighted by atomic mass is 10.2. The van der Waals surface area contributed by atoms with E-state index in [4.69, 9.17) is 10.3 Å². The Morgan fingerprint density at radius 2 is 2.24 bits per heavy atom. The average molecular weight is 234 g/mol. The largest absolute Gasteiger partial charge is 0.391 e. The number of aliphatic hydroxyl groups excluding tert-OH is 1. The van der Waals surface area contributed by atoms with Crippen molar-refractivity contribution in [1.82, 2.24) is 15.1 Å². The van der Waals surface area contributed by atoms with E-state index in [0.29, 0.717) is 11.5 Å². The first-order valence-electron chi connectivity index (χ1n) is 5.28. The van der Waals surface area contributed by atoms with Crippen LogP contribution >= 0.6 is 0 Å². The highest BCUT2D eigenvalue weighted by atomic mass is 16.5. The van der Waals surface area contributed by atoms with Crippen molar-refractivity contribution < 1.29 is 9.63 Å². The van der Waals surface area contributed by atoms with Gasteiger partial charge in [0.1, 0.15) is 11.7 Å². The second-order valence-electron chi connectivity index (χ2n) is 3.94. The van der Waals surface area contributed by atoms with Crippen molar-refractivity contribution >= 4 is 0 Å². The normalized spacial score (nSPS) is 14.6. The second-order valence-corrected chi connectivity index (χ2v) is 3.94. The summed E-state index contributed by atoms with van der Waals surface area (Å²) in [5, 5.41) is 13.1. The Kier molecular flexibility index (Phi) is 3.16. The molecule has 6 nitrogen and oxygen atoms in total. The third-order valence-corrected chi connectivity index (χ3v) is 2.39. The zero-order valence-electron chi connectivity index (χ0n) is 9.66. The first kappa shape index (κ1) is 11.7. The van der Waals surface area contributed by atoms with Crippen molar-refractivity contribution in [1.29, 1.82) is 0 Å². The van der Waals surface area contributed by atoms with Crippen LogP contribution in [-0.2, 0) is 0 Å². The molecule has 0 aliphatic carbocycles. The number of hydrogen-bond donors (Lipinski definition) is 2. The molecule has 3 N–H and O–H groups in total. The third kappa shape index (κ3) is 2.48. The molecule has 0 aliphatic rings. The summed E-state index contributed by atoms with van der Waals surface area (Å²) in [4.78, 5) is 8.26. The highest BCUT2D eigenvalue weighted by Gasteiger charge is 2.20. The smallest absolute Gasteiger partial charge is 0.246 e. The van der Waals surface area contributed by atoms with Gasteiger partial charge in [-0.1, -0.05) is 5.16 Å². The molecule has 0 aromatic carbocycles. The van der Waals surface area contributed by atoms with Crippen LogP contribution in [0, 0.1) is 6.92 Å². The Morgan fingerprint density at radius 3 is 2.88 bits per heavy atom. The molecular weight excluding hydrogens is 220 g/mol. The van der Waals surface area contributed by atoms with E-state index >= 15 is 0 Å². The standard InChI is InChI=1S/C11H14N4O2/c1-6-3-4-13-8(5-6)10-14-11(17-15-10)9(12)7(2)16/h3-5,7,9,16H,12H2,1-2H3. The van der Waals surface area contributed by atoms with Gasteiger partial charge in [-0.3, -0.25) is 4.98 Å². The zero-order valence-corrected chi connectivity index (χ0v) is 9.66. The van der Waals surface area contributed by atoms with E-state index < -0.39 is 12.1 Å². The molecule has 0 bridgehead atoms. The molecule has 0 saturated carbocycles. The maximum atomic E-state index is 9.33. The zero-order chi connectivity index (χ0) is 12.4. The Labute approximate surface area is 98.5 Å². The predicted octanol–water partition coefficient (Wildman–Crippen LogP) is 0.821. The first-order valence-corrected chi connectivity index (χ1v) is 5.28. The molecule has 0 spiro atoms.